The molecule has 1 saturated carbocycles. The molecule has 2 atom stereocenters. The minimum Gasteiger partial charge on any atom is -0.497 e. The molecule has 0 saturated heterocycles. The van der Waals surface area contributed by atoms with Crippen LogP contribution in [0, 0.1) is 0 Å². The van der Waals surface area contributed by atoms with Gasteiger partial charge in [-0.2, -0.15) is 5.10 Å². The highest BCUT2D eigenvalue weighted by Crippen LogP contribution is 2.51. The monoisotopic (exact) mass is 389 g/mol. The van der Waals surface area contributed by atoms with Crippen LogP contribution in [0.4, 0.5) is 0 Å². The van der Waals surface area contributed by atoms with Crippen LogP contribution in [0.2, 0.25) is 0 Å². The molecule has 6 nitrogen and oxygen atoms in total. The van der Waals surface area contributed by atoms with Gasteiger partial charge in [-0.15, -0.1) is 0 Å². The number of fused-ring (bicyclic) bond motifs is 2. The van der Waals surface area contributed by atoms with E-state index < -0.39 is 11.6 Å². The van der Waals surface area contributed by atoms with Gasteiger partial charge in [0.15, 0.2) is 0 Å². The van der Waals surface area contributed by atoms with Gasteiger partial charge in [-0.3, -0.25) is 9.89 Å². The fraction of sp³-hybridized carbons (Fsp3) is 0.304. The molecule has 5 rings (SSSR count). The van der Waals surface area contributed by atoms with E-state index in [1.54, 1.807) is 13.3 Å². The topological polar surface area (TPSA) is 78.5 Å². The molecule has 2 N–H and O–H groups in total. The Morgan fingerprint density at radius 3 is 2.90 bits per heavy atom. The van der Waals surface area contributed by atoms with Crippen molar-refractivity contribution in [3.63, 3.8) is 0 Å². The number of aliphatic hydroxyl groups excluding tert-OH is 1. The van der Waals surface area contributed by atoms with Crippen LogP contribution < -0.4 is 4.74 Å². The first-order valence-corrected chi connectivity index (χ1v) is 9.87. The molecule has 1 fully saturated rings. The zero-order valence-electron chi connectivity index (χ0n) is 16.3. The number of nitrogens with one attached hydrogen (secondary N) is 1. The summed E-state index contributed by atoms with van der Waals surface area (Å²) in [7, 11) is 1.64. The number of rotatable bonds is 4. The molecule has 1 amide bonds. The lowest BCUT2D eigenvalue weighted by Gasteiger charge is -2.36. The first-order valence-electron chi connectivity index (χ1n) is 9.87. The maximum Gasteiger partial charge on any atom is 0.255 e. The summed E-state index contributed by atoms with van der Waals surface area (Å²) in [6.07, 6.45) is 5.22. The number of hydrogen-bond donors (Lipinski definition) is 2. The zero-order valence-corrected chi connectivity index (χ0v) is 16.3. The molecule has 2 aromatic carbocycles. The second-order valence-corrected chi connectivity index (χ2v) is 7.92. The van der Waals surface area contributed by atoms with Crippen molar-refractivity contribution in [3.05, 3.63) is 71.5 Å². The number of carbonyl (C=O) groups is 1. The molecule has 3 aromatic rings. The number of benzene rings is 2. The summed E-state index contributed by atoms with van der Waals surface area (Å²) >= 11 is 0. The fourth-order valence-electron chi connectivity index (χ4n) is 4.87. The molecular weight excluding hydrogens is 366 g/mol. The van der Waals surface area contributed by atoms with Crippen LogP contribution >= 0.6 is 0 Å². The smallest absolute Gasteiger partial charge is 0.255 e. The van der Waals surface area contributed by atoms with E-state index in [2.05, 4.69) is 16.3 Å². The predicted molar refractivity (Wildman–Crippen MR) is 108 cm³/mol. The normalized spacial score (nSPS) is 23.0. The number of aromatic amines is 1. The molecule has 1 aliphatic heterocycles. The molecule has 2 unspecified atom stereocenters. The van der Waals surface area contributed by atoms with Gasteiger partial charge >= 0.3 is 0 Å². The molecule has 148 valence electrons. The number of hydrogen-bond acceptors (Lipinski definition) is 4. The Hall–Kier alpha value is -3.12. The van der Waals surface area contributed by atoms with Gasteiger partial charge in [-0.25, -0.2) is 0 Å². The van der Waals surface area contributed by atoms with E-state index >= 15 is 0 Å². The van der Waals surface area contributed by atoms with Crippen LogP contribution in [-0.2, 0) is 12.1 Å². The number of amides is 1. The Morgan fingerprint density at radius 2 is 2.17 bits per heavy atom. The Balaban J connectivity index is 1.57. The van der Waals surface area contributed by atoms with Crippen molar-refractivity contribution in [1.29, 1.82) is 0 Å². The van der Waals surface area contributed by atoms with E-state index in [4.69, 9.17) is 4.74 Å². The molecule has 1 aromatic heterocycles. The fourth-order valence-corrected chi connectivity index (χ4v) is 4.87. The van der Waals surface area contributed by atoms with Crippen LogP contribution in [-0.4, -0.2) is 39.3 Å². The molecule has 1 aliphatic carbocycles. The van der Waals surface area contributed by atoms with Gasteiger partial charge < -0.3 is 14.7 Å². The van der Waals surface area contributed by atoms with Gasteiger partial charge in [0.2, 0.25) is 0 Å². The number of aromatic nitrogens is 2. The van der Waals surface area contributed by atoms with E-state index in [0.717, 1.165) is 40.0 Å². The number of ether oxygens (including phenoxy) is 1. The van der Waals surface area contributed by atoms with Crippen LogP contribution in [0.15, 0.2) is 54.9 Å². The maximum atomic E-state index is 13.5. The van der Waals surface area contributed by atoms with Crippen molar-refractivity contribution in [2.24, 2.45) is 0 Å². The zero-order chi connectivity index (χ0) is 20.0. The Kier molecular flexibility index (Phi) is 4.17. The predicted octanol–water partition coefficient (Wildman–Crippen LogP) is 3.48. The standard InChI is InChI=1S/C23H23N3O3/c1-29-19-4-2-3-15(9-19)14-26-22(28)20-10-16(17-12-24-25-13-17)5-6-21(20)23(26)8-7-18(27)11-23/h2-6,9-10,12-13,18,27H,7-8,11,14H2,1H3,(H,24,25). The van der Waals surface area contributed by atoms with Crippen molar-refractivity contribution in [2.75, 3.05) is 7.11 Å². The molecule has 2 aliphatic rings. The highest BCUT2D eigenvalue weighted by Gasteiger charge is 2.53. The van der Waals surface area contributed by atoms with Gasteiger partial charge in [0, 0.05) is 30.3 Å². The SMILES string of the molecule is COc1cccc(CN2C(=O)c3cc(-c4cn[nH]c4)ccc3C23CCC(O)C3)c1. The van der Waals surface area contributed by atoms with Gasteiger partial charge in [0.05, 0.1) is 24.9 Å². The highest BCUT2D eigenvalue weighted by atomic mass is 16.5. The van der Waals surface area contributed by atoms with Crippen molar-refractivity contribution >= 4 is 5.91 Å². The largest absolute Gasteiger partial charge is 0.497 e. The highest BCUT2D eigenvalue weighted by molar-refractivity contribution is 6.01. The summed E-state index contributed by atoms with van der Waals surface area (Å²) in [6, 6.07) is 13.9. The third-order valence-corrected chi connectivity index (χ3v) is 6.28. The van der Waals surface area contributed by atoms with E-state index in [1.807, 2.05) is 47.5 Å². The third kappa shape index (κ3) is 2.83. The van der Waals surface area contributed by atoms with Crippen LogP contribution in [0.3, 0.4) is 0 Å². The minimum atomic E-state index is -0.455. The van der Waals surface area contributed by atoms with Crippen LogP contribution in [0.25, 0.3) is 11.1 Å². The van der Waals surface area contributed by atoms with E-state index in [0.29, 0.717) is 19.4 Å². The average Bonchev–Trinajstić information content (AvgIpc) is 3.45. The number of H-pyrrole nitrogens is 1. The first kappa shape index (κ1) is 17.9. The lowest BCUT2D eigenvalue weighted by molar-refractivity contribution is 0.0485. The first-order chi connectivity index (χ1) is 14.1. The molecule has 6 heteroatoms. The van der Waals surface area contributed by atoms with Crippen molar-refractivity contribution < 1.29 is 14.6 Å². The Morgan fingerprint density at radius 1 is 1.28 bits per heavy atom. The van der Waals surface area contributed by atoms with E-state index in [1.165, 1.54) is 0 Å². The van der Waals surface area contributed by atoms with Crippen molar-refractivity contribution in [3.8, 4) is 16.9 Å². The average molecular weight is 389 g/mol. The van der Waals surface area contributed by atoms with Crippen molar-refractivity contribution in [1.82, 2.24) is 15.1 Å². The maximum absolute atomic E-state index is 13.5. The number of nitrogens with zero attached hydrogens (tertiary/aromatic N) is 2. The van der Waals surface area contributed by atoms with Gasteiger partial charge in [-0.1, -0.05) is 24.3 Å². The molecule has 0 radical (unpaired) electrons. The van der Waals surface area contributed by atoms with Crippen molar-refractivity contribution in [2.45, 2.75) is 37.5 Å². The molecular formula is C23H23N3O3. The summed E-state index contributed by atoms with van der Waals surface area (Å²) in [5.41, 5.74) is 4.22. The van der Waals surface area contributed by atoms with E-state index in [-0.39, 0.29) is 5.91 Å². The third-order valence-electron chi connectivity index (χ3n) is 6.28. The molecule has 2 heterocycles. The van der Waals surface area contributed by atoms with Crippen LogP contribution in [0.5, 0.6) is 5.75 Å². The number of methoxy groups -OCH3 is 1. The second kappa shape index (κ2) is 6.74. The van der Waals surface area contributed by atoms with Gasteiger partial charge in [0.25, 0.3) is 5.91 Å². The lowest BCUT2D eigenvalue weighted by Crippen LogP contribution is -2.41. The second-order valence-electron chi connectivity index (χ2n) is 7.92. The minimum absolute atomic E-state index is 0.0160. The molecule has 29 heavy (non-hydrogen) atoms. The lowest BCUT2D eigenvalue weighted by atomic mass is 9.86. The summed E-state index contributed by atoms with van der Waals surface area (Å²) in [5, 5.41) is 17.2. The molecule has 1 spiro atoms. The van der Waals surface area contributed by atoms with E-state index in [9.17, 15) is 9.90 Å². The quantitative estimate of drug-likeness (QED) is 0.716. The summed E-state index contributed by atoms with van der Waals surface area (Å²) < 4.78 is 5.35. The molecule has 0 bridgehead atoms. The van der Waals surface area contributed by atoms with Gasteiger partial charge in [-0.05, 0) is 47.7 Å². The van der Waals surface area contributed by atoms with Crippen LogP contribution in [0.1, 0.15) is 40.7 Å². The number of aliphatic hydroxyl groups is 1. The number of carbonyl (C=O) groups excluding carboxylic acids is 1. The Labute approximate surface area is 169 Å². The Bertz CT molecular complexity index is 1060. The summed E-state index contributed by atoms with van der Waals surface area (Å²) in [6.45, 7) is 0.485. The van der Waals surface area contributed by atoms with Gasteiger partial charge in [0.1, 0.15) is 5.75 Å². The summed E-state index contributed by atoms with van der Waals surface area (Å²) in [5.74, 6) is 0.789. The summed E-state index contributed by atoms with van der Waals surface area (Å²) in [4.78, 5) is 15.5.